The Bertz CT molecular complexity index is 833. The van der Waals surface area contributed by atoms with Crippen molar-refractivity contribution in [2.45, 2.75) is 0 Å². The molecule has 0 saturated heterocycles. The third-order valence-corrected chi connectivity index (χ3v) is 3.00. The second-order valence-electron chi connectivity index (χ2n) is 4.96. The quantitative estimate of drug-likeness (QED) is 0.376. The van der Waals surface area contributed by atoms with Gasteiger partial charge in [0.2, 0.25) is 0 Å². The normalized spacial score (nSPS) is 9.85. The van der Waals surface area contributed by atoms with Crippen molar-refractivity contribution < 1.29 is 24.2 Å². The Morgan fingerprint density at radius 3 is 2.38 bits per heavy atom. The van der Waals surface area contributed by atoms with E-state index in [1.807, 2.05) is 0 Å². The molecule has 2 rings (SSSR count). The SMILES string of the molecule is N=C(N)c1ccc(C(=O)NC(=O)Nc2ccc(OCC(=O)O)cc2)cn1. The number of nitrogens with two attached hydrogens (primary N) is 1. The molecule has 10 heteroatoms. The van der Waals surface area contributed by atoms with Crippen molar-refractivity contribution in [3.63, 3.8) is 0 Å². The molecule has 0 aliphatic rings. The van der Waals surface area contributed by atoms with Gasteiger partial charge in [0.25, 0.3) is 5.91 Å². The van der Waals surface area contributed by atoms with Crippen LogP contribution in [-0.4, -0.2) is 40.4 Å². The maximum Gasteiger partial charge on any atom is 0.341 e. The van der Waals surface area contributed by atoms with Crippen LogP contribution in [0.1, 0.15) is 16.1 Å². The van der Waals surface area contributed by atoms with Gasteiger partial charge in [-0.15, -0.1) is 0 Å². The van der Waals surface area contributed by atoms with Gasteiger partial charge in [0.05, 0.1) is 5.56 Å². The number of amides is 3. The number of imide groups is 1. The van der Waals surface area contributed by atoms with Gasteiger partial charge in [-0.1, -0.05) is 0 Å². The van der Waals surface area contributed by atoms with Crippen molar-refractivity contribution >= 4 is 29.4 Å². The molecule has 1 heterocycles. The van der Waals surface area contributed by atoms with Gasteiger partial charge in [-0.25, -0.2) is 9.59 Å². The number of amidine groups is 1. The summed E-state index contributed by atoms with van der Waals surface area (Å²) < 4.78 is 4.96. The second-order valence-corrected chi connectivity index (χ2v) is 4.96. The lowest BCUT2D eigenvalue weighted by Crippen LogP contribution is -2.34. The van der Waals surface area contributed by atoms with Crippen LogP contribution < -0.4 is 21.1 Å². The summed E-state index contributed by atoms with van der Waals surface area (Å²) in [5.74, 6) is -1.68. The fourth-order valence-corrected chi connectivity index (χ4v) is 1.80. The number of nitrogens with one attached hydrogen (secondary N) is 3. The van der Waals surface area contributed by atoms with Crippen LogP contribution >= 0.6 is 0 Å². The van der Waals surface area contributed by atoms with Gasteiger partial charge in [-0.2, -0.15) is 0 Å². The summed E-state index contributed by atoms with van der Waals surface area (Å²) >= 11 is 0. The van der Waals surface area contributed by atoms with E-state index >= 15 is 0 Å². The predicted molar refractivity (Wildman–Crippen MR) is 91.3 cm³/mol. The Morgan fingerprint density at radius 1 is 1.15 bits per heavy atom. The molecule has 2 aromatic rings. The minimum Gasteiger partial charge on any atom is -0.482 e. The van der Waals surface area contributed by atoms with E-state index in [0.29, 0.717) is 11.4 Å². The number of hydrogen-bond acceptors (Lipinski definition) is 6. The molecule has 1 aromatic carbocycles. The molecule has 0 aliphatic carbocycles. The summed E-state index contributed by atoms with van der Waals surface area (Å²) in [7, 11) is 0. The Morgan fingerprint density at radius 2 is 1.85 bits per heavy atom. The smallest absolute Gasteiger partial charge is 0.341 e. The van der Waals surface area contributed by atoms with Gasteiger partial charge in [0.1, 0.15) is 17.3 Å². The molecule has 134 valence electrons. The van der Waals surface area contributed by atoms with E-state index in [-0.39, 0.29) is 17.1 Å². The second kappa shape index (κ2) is 8.24. The first-order valence-electron chi connectivity index (χ1n) is 7.22. The van der Waals surface area contributed by atoms with E-state index in [4.69, 9.17) is 21.0 Å². The molecule has 10 nitrogen and oxygen atoms in total. The van der Waals surface area contributed by atoms with Crippen LogP contribution in [0.4, 0.5) is 10.5 Å². The number of carboxylic acids is 1. The Balaban J connectivity index is 1.90. The van der Waals surface area contributed by atoms with Crippen LogP contribution in [0.15, 0.2) is 42.6 Å². The van der Waals surface area contributed by atoms with Gasteiger partial charge in [0.15, 0.2) is 6.61 Å². The lowest BCUT2D eigenvalue weighted by atomic mass is 10.2. The molecular weight excluding hydrogens is 342 g/mol. The van der Waals surface area contributed by atoms with Gasteiger partial charge in [-0.3, -0.25) is 20.5 Å². The van der Waals surface area contributed by atoms with Crippen molar-refractivity contribution in [2.75, 3.05) is 11.9 Å². The number of rotatable bonds is 6. The van der Waals surface area contributed by atoms with Crippen molar-refractivity contribution in [1.82, 2.24) is 10.3 Å². The summed E-state index contributed by atoms with van der Waals surface area (Å²) in [6, 6.07) is 7.96. The number of aliphatic carboxylic acids is 1. The van der Waals surface area contributed by atoms with E-state index in [1.54, 1.807) is 0 Å². The van der Waals surface area contributed by atoms with E-state index in [9.17, 15) is 14.4 Å². The van der Waals surface area contributed by atoms with Crippen molar-refractivity contribution in [2.24, 2.45) is 5.73 Å². The van der Waals surface area contributed by atoms with Crippen LogP contribution in [0.3, 0.4) is 0 Å². The maximum absolute atomic E-state index is 12.0. The van der Waals surface area contributed by atoms with E-state index in [1.165, 1.54) is 42.6 Å². The minimum absolute atomic E-state index is 0.127. The standard InChI is InChI=1S/C16H15N5O5/c17-14(18)12-6-1-9(7-19-12)15(24)21-16(25)20-10-2-4-11(5-3-10)26-8-13(22)23/h1-7H,8H2,(H3,17,18)(H,22,23)(H2,20,21,24,25). The lowest BCUT2D eigenvalue weighted by molar-refractivity contribution is -0.139. The molecule has 0 saturated carbocycles. The van der Waals surface area contributed by atoms with Crippen LogP contribution in [0.5, 0.6) is 5.75 Å². The average molecular weight is 357 g/mol. The number of hydrogen-bond donors (Lipinski definition) is 5. The fraction of sp³-hybridized carbons (Fsp3) is 0.0625. The highest BCUT2D eigenvalue weighted by molar-refractivity contribution is 6.08. The van der Waals surface area contributed by atoms with Crippen LogP contribution in [0.2, 0.25) is 0 Å². The zero-order valence-corrected chi connectivity index (χ0v) is 13.4. The zero-order valence-electron chi connectivity index (χ0n) is 13.4. The number of carbonyl (C=O) groups is 3. The molecule has 0 unspecified atom stereocenters. The summed E-state index contributed by atoms with van der Waals surface area (Å²) in [5, 5.41) is 20.3. The summed E-state index contributed by atoms with van der Waals surface area (Å²) in [4.78, 5) is 38.0. The Kier molecular flexibility index (Phi) is 5.83. The number of urea groups is 1. The largest absolute Gasteiger partial charge is 0.482 e. The van der Waals surface area contributed by atoms with Crippen molar-refractivity contribution in [3.05, 3.63) is 53.9 Å². The van der Waals surface area contributed by atoms with Gasteiger partial charge < -0.3 is 20.9 Å². The molecule has 26 heavy (non-hydrogen) atoms. The van der Waals surface area contributed by atoms with Crippen LogP contribution in [0, 0.1) is 5.41 Å². The third-order valence-electron chi connectivity index (χ3n) is 3.00. The van der Waals surface area contributed by atoms with Crippen LogP contribution in [0.25, 0.3) is 0 Å². The number of pyridine rings is 1. The molecule has 0 radical (unpaired) electrons. The Hall–Kier alpha value is -3.95. The molecule has 0 bridgehead atoms. The van der Waals surface area contributed by atoms with Gasteiger partial charge >= 0.3 is 12.0 Å². The molecule has 3 amide bonds. The summed E-state index contributed by atoms with van der Waals surface area (Å²) in [6.45, 7) is -0.474. The zero-order chi connectivity index (χ0) is 19.1. The Labute approximate surface area is 147 Å². The number of nitrogen functional groups attached to an aromatic ring is 1. The minimum atomic E-state index is -1.10. The number of anilines is 1. The van der Waals surface area contributed by atoms with Crippen molar-refractivity contribution in [3.8, 4) is 5.75 Å². The molecule has 0 aliphatic heterocycles. The van der Waals surface area contributed by atoms with Crippen LogP contribution in [-0.2, 0) is 4.79 Å². The lowest BCUT2D eigenvalue weighted by Gasteiger charge is -2.08. The first kappa shape index (κ1) is 18.4. The number of aromatic nitrogens is 1. The van der Waals surface area contributed by atoms with E-state index < -0.39 is 24.5 Å². The highest BCUT2D eigenvalue weighted by atomic mass is 16.5. The highest BCUT2D eigenvalue weighted by Crippen LogP contribution is 2.15. The number of ether oxygens (including phenoxy) is 1. The third kappa shape index (κ3) is 5.30. The predicted octanol–water partition coefficient (Wildman–Crippen LogP) is 0.791. The number of benzene rings is 1. The topological polar surface area (TPSA) is 167 Å². The first-order valence-corrected chi connectivity index (χ1v) is 7.22. The maximum atomic E-state index is 12.0. The van der Waals surface area contributed by atoms with E-state index in [0.717, 1.165) is 0 Å². The molecule has 0 fully saturated rings. The molecule has 0 atom stereocenters. The summed E-state index contributed by atoms with van der Waals surface area (Å²) in [5.41, 5.74) is 5.99. The molecule has 0 spiro atoms. The van der Waals surface area contributed by atoms with Gasteiger partial charge in [-0.05, 0) is 36.4 Å². The molecule has 6 N–H and O–H groups in total. The van der Waals surface area contributed by atoms with Gasteiger partial charge in [0, 0.05) is 11.9 Å². The average Bonchev–Trinajstić information content (AvgIpc) is 2.61. The highest BCUT2D eigenvalue weighted by Gasteiger charge is 2.11. The fourth-order valence-electron chi connectivity index (χ4n) is 1.80. The number of carboxylic acid groups (broad SMARTS) is 1. The monoisotopic (exact) mass is 357 g/mol. The molecular formula is C16H15N5O5. The number of carbonyl (C=O) groups excluding carboxylic acids is 2. The molecule has 1 aromatic heterocycles. The van der Waals surface area contributed by atoms with E-state index in [2.05, 4.69) is 15.6 Å². The van der Waals surface area contributed by atoms with Crippen molar-refractivity contribution in [1.29, 1.82) is 5.41 Å². The summed E-state index contributed by atoms with van der Waals surface area (Å²) in [6.07, 6.45) is 1.20. The number of nitrogens with zero attached hydrogens (tertiary/aromatic N) is 1. The first-order chi connectivity index (χ1) is 12.3.